The summed E-state index contributed by atoms with van der Waals surface area (Å²) < 4.78 is 5.15. The van der Waals surface area contributed by atoms with E-state index in [4.69, 9.17) is 4.74 Å². The fraction of sp³-hybridized carbons (Fsp3) is 0.438. The van der Waals surface area contributed by atoms with Crippen LogP contribution in [-0.4, -0.2) is 35.8 Å². The lowest BCUT2D eigenvalue weighted by atomic mass is 10.2. The van der Waals surface area contributed by atoms with Crippen molar-refractivity contribution in [3.05, 3.63) is 29.8 Å². The fourth-order valence-corrected chi connectivity index (χ4v) is 2.50. The van der Waals surface area contributed by atoms with Crippen molar-refractivity contribution in [1.29, 1.82) is 0 Å². The number of ether oxygens (including phenoxy) is 1. The number of nitrogens with one attached hydrogen (secondary N) is 2. The van der Waals surface area contributed by atoms with Gasteiger partial charge in [-0.3, -0.25) is 10.1 Å². The van der Waals surface area contributed by atoms with Gasteiger partial charge in [-0.25, -0.2) is 9.59 Å². The van der Waals surface area contributed by atoms with E-state index in [0.29, 0.717) is 5.56 Å². The zero-order valence-electron chi connectivity index (χ0n) is 13.7. The van der Waals surface area contributed by atoms with E-state index in [1.54, 1.807) is 26.0 Å². The molecular weight excluding hydrogens is 316 g/mol. The molecule has 0 heterocycles. The third kappa shape index (κ3) is 6.32. The number of hydrogen-bond donors (Lipinski definition) is 2. The molecule has 1 aromatic carbocycles. The highest BCUT2D eigenvalue weighted by atomic mass is 32.2. The Morgan fingerprint density at radius 3 is 2.43 bits per heavy atom. The molecular formula is C16H22N2O4S. The van der Waals surface area contributed by atoms with Gasteiger partial charge in [0.15, 0.2) is 6.10 Å². The minimum atomic E-state index is -1.07. The number of carbonyl (C=O) groups excluding carboxylic acids is 3. The molecule has 0 aromatic heterocycles. The van der Waals surface area contributed by atoms with Crippen LogP contribution in [0.3, 0.4) is 0 Å². The molecule has 0 aliphatic heterocycles. The van der Waals surface area contributed by atoms with Crippen LogP contribution in [-0.2, 0) is 9.53 Å². The summed E-state index contributed by atoms with van der Waals surface area (Å²) >= 11 is 1.52. The third-order valence-corrected chi connectivity index (χ3v) is 3.67. The number of rotatable bonds is 6. The summed E-state index contributed by atoms with van der Waals surface area (Å²) in [5.41, 5.74) is 0.408. The van der Waals surface area contributed by atoms with Crippen molar-refractivity contribution in [1.82, 2.24) is 10.6 Å². The van der Waals surface area contributed by atoms with E-state index in [-0.39, 0.29) is 6.04 Å². The van der Waals surface area contributed by atoms with Crippen LogP contribution in [0.15, 0.2) is 29.2 Å². The number of urea groups is 1. The molecule has 0 radical (unpaired) electrons. The molecule has 0 aliphatic rings. The molecule has 0 saturated heterocycles. The summed E-state index contributed by atoms with van der Waals surface area (Å²) in [6.07, 6.45) is -1.07. The number of carbonyl (C=O) groups is 3. The maximum Gasteiger partial charge on any atom is 0.340 e. The second-order valence-electron chi connectivity index (χ2n) is 5.09. The van der Waals surface area contributed by atoms with E-state index in [2.05, 4.69) is 10.6 Å². The van der Waals surface area contributed by atoms with Gasteiger partial charge < -0.3 is 10.1 Å². The number of esters is 1. The molecule has 126 valence electrons. The average Bonchev–Trinajstić information content (AvgIpc) is 2.46. The Morgan fingerprint density at radius 1 is 1.17 bits per heavy atom. The first-order valence-electron chi connectivity index (χ1n) is 7.39. The van der Waals surface area contributed by atoms with Crippen molar-refractivity contribution in [2.75, 3.05) is 5.75 Å². The van der Waals surface area contributed by atoms with Crippen molar-refractivity contribution in [2.45, 2.75) is 44.7 Å². The molecule has 1 aromatic rings. The SMILES string of the molecule is CCSc1ccccc1C(=O)O[C@@H](C)C(=O)NC(=O)NC(C)C. The number of hydrogen-bond acceptors (Lipinski definition) is 5. The Kier molecular flexibility index (Phi) is 7.61. The van der Waals surface area contributed by atoms with Gasteiger partial charge in [-0.2, -0.15) is 0 Å². The maximum atomic E-state index is 12.2. The first-order valence-corrected chi connectivity index (χ1v) is 8.37. The van der Waals surface area contributed by atoms with Crippen LogP contribution in [0.2, 0.25) is 0 Å². The van der Waals surface area contributed by atoms with Gasteiger partial charge in [0.05, 0.1) is 5.56 Å². The molecule has 0 bridgehead atoms. The number of benzene rings is 1. The van der Waals surface area contributed by atoms with Gasteiger partial charge in [-0.1, -0.05) is 19.1 Å². The van der Waals surface area contributed by atoms with Crippen LogP contribution < -0.4 is 10.6 Å². The Bertz CT molecular complexity index is 575. The van der Waals surface area contributed by atoms with Crippen molar-refractivity contribution in [3.8, 4) is 0 Å². The molecule has 0 aliphatic carbocycles. The predicted molar refractivity (Wildman–Crippen MR) is 89.5 cm³/mol. The van der Waals surface area contributed by atoms with Crippen molar-refractivity contribution >= 4 is 29.7 Å². The van der Waals surface area contributed by atoms with Gasteiger partial charge in [-0.15, -0.1) is 11.8 Å². The minimum absolute atomic E-state index is 0.0985. The van der Waals surface area contributed by atoms with Crippen molar-refractivity contribution in [3.63, 3.8) is 0 Å². The first kappa shape index (κ1) is 19.0. The molecule has 1 atom stereocenters. The summed E-state index contributed by atoms with van der Waals surface area (Å²) in [6.45, 7) is 6.95. The van der Waals surface area contributed by atoms with Crippen LogP contribution in [0.25, 0.3) is 0 Å². The average molecular weight is 338 g/mol. The molecule has 3 amide bonds. The summed E-state index contributed by atoms with van der Waals surface area (Å²) in [7, 11) is 0. The van der Waals surface area contributed by atoms with Gasteiger partial charge in [0.25, 0.3) is 5.91 Å². The van der Waals surface area contributed by atoms with E-state index >= 15 is 0 Å². The molecule has 23 heavy (non-hydrogen) atoms. The normalized spacial score (nSPS) is 11.7. The molecule has 0 spiro atoms. The standard InChI is InChI=1S/C16H22N2O4S/c1-5-23-13-9-7-6-8-12(13)15(20)22-11(4)14(19)18-16(21)17-10(2)3/h6-11H,5H2,1-4H3,(H2,17,18,19,21)/t11-/m0/s1. The molecule has 0 fully saturated rings. The minimum Gasteiger partial charge on any atom is -0.449 e. The van der Waals surface area contributed by atoms with E-state index < -0.39 is 24.0 Å². The monoisotopic (exact) mass is 338 g/mol. The van der Waals surface area contributed by atoms with Crippen LogP contribution in [0.4, 0.5) is 4.79 Å². The second kappa shape index (κ2) is 9.19. The fourth-order valence-electron chi connectivity index (χ4n) is 1.71. The van der Waals surface area contributed by atoms with Crippen molar-refractivity contribution < 1.29 is 19.1 Å². The zero-order valence-corrected chi connectivity index (χ0v) is 14.5. The first-order chi connectivity index (χ1) is 10.8. The van der Waals surface area contributed by atoms with Crippen LogP contribution in [0.5, 0.6) is 0 Å². The highest BCUT2D eigenvalue weighted by Crippen LogP contribution is 2.23. The number of imide groups is 1. The lowest BCUT2D eigenvalue weighted by Crippen LogP contribution is -2.46. The lowest BCUT2D eigenvalue weighted by molar-refractivity contribution is -0.127. The van der Waals surface area contributed by atoms with Gasteiger partial charge in [0.1, 0.15) is 0 Å². The molecule has 0 saturated carbocycles. The second-order valence-corrected chi connectivity index (χ2v) is 6.40. The summed E-state index contributed by atoms with van der Waals surface area (Å²) in [4.78, 5) is 36.3. The lowest BCUT2D eigenvalue weighted by Gasteiger charge is -2.15. The van der Waals surface area contributed by atoms with Gasteiger partial charge in [0, 0.05) is 10.9 Å². The maximum absolute atomic E-state index is 12.2. The molecule has 6 nitrogen and oxygen atoms in total. The topological polar surface area (TPSA) is 84.5 Å². The highest BCUT2D eigenvalue weighted by molar-refractivity contribution is 7.99. The smallest absolute Gasteiger partial charge is 0.340 e. The highest BCUT2D eigenvalue weighted by Gasteiger charge is 2.22. The quantitative estimate of drug-likeness (QED) is 0.615. The Labute approximate surface area is 140 Å². The van der Waals surface area contributed by atoms with Gasteiger partial charge in [-0.05, 0) is 38.7 Å². The van der Waals surface area contributed by atoms with E-state index in [1.165, 1.54) is 18.7 Å². The molecule has 1 rings (SSSR count). The van der Waals surface area contributed by atoms with E-state index in [9.17, 15) is 14.4 Å². The number of amides is 3. The Hall–Kier alpha value is -2.02. The van der Waals surface area contributed by atoms with Crippen molar-refractivity contribution in [2.24, 2.45) is 0 Å². The molecule has 2 N–H and O–H groups in total. The van der Waals surface area contributed by atoms with Crippen LogP contribution >= 0.6 is 11.8 Å². The van der Waals surface area contributed by atoms with E-state index in [1.807, 2.05) is 19.1 Å². The van der Waals surface area contributed by atoms with Gasteiger partial charge >= 0.3 is 12.0 Å². The predicted octanol–water partition coefficient (Wildman–Crippen LogP) is 2.58. The molecule has 7 heteroatoms. The third-order valence-electron chi connectivity index (χ3n) is 2.72. The van der Waals surface area contributed by atoms with Crippen LogP contribution in [0.1, 0.15) is 38.1 Å². The largest absolute Gasteiger partial charge is 0.449 e. The van der Waals surface area contributed by atoms with E-state index in [0.717, 1.165) is 10.6 Å². The van der Waals surface area contributed by atoms with Gasteiger partial charge in [0.2, 0.25) is 0 Å². The number of thioether (sulfide) groups is 1. The Morgan fingerprint density at radius 2 is 1.83 bits per heavy atom. The van der Waals surface area contributed by atoms with Crippen LogP contribution in [0, 0.1) is 0 Å². The summed E-state index contributed by atoms with van der Waals surface area (Å²) in [6, 6.07) is 6.33. The summed E-state index contributed by atoms with van der Waals surface area (Å²) in [5.74, 6) is -0.444. The summed E-state index contributed by atoms with van der Waals surface area (Å²) in [5, 5.41) is 4.66. The zero-order chi connectivity index (χ0) is 17.4. The Balaban J connectivity index is 2.66. The molecule has 0 unspecified atom stereocenters.